The molecule has 1 rings (SSSR count). The lowest BCUT2D eigenvalue weighted by molar-refractivity contribution is 0.0459. The second-order valence-electron chi connectivity index (χ2n) is 3.77. The van der Waals surface area contributed by atoms with Gasteiger partial charge in [0, 0.05) is 10.2 Å². The lowest BCUT2D eigenvalue weighted by Gasteiger charge is -2.07. The van der Waals surface area contributed by atoms with Crippen LogP contribution < -0.4 is 5.73 Å². The van der Waals surface area contributed by atoms with Crippen LogP contribution >= 0.6 is 15.9 Å². The Labute approximate surface area is 97.7 Å². The predicted molar refractivity (Wildman–Crippen MR) is 63.7 cm³/mol. The SMILES string of the molecule is CC(C)COC(=O)c1cc(N)cc(Br)c1. The van der Waals surface area contributed by atoms with E-state index in [1.807, 2.05) is 13.8 Å². The van der Waals surface area contributed by atoms with Gasteiger partial charge in [-0.15, -0.1) is 0 Å². The smallest absolute Gasteiger partial charge is 0.338 e. The third-order valence-corrected chi connectivity index (χ3v) is 2.16. The molecule has 0 aliphatic heterocycles. The average molecular weight is 272 g/mol. The number of anilines is 1. The van der Waals surface area contributed by atoms with Gasteiger partial charge in [0.2, 0.25) is 0 Å². The Bertz CT molecular complexity index is 343. The first-order valence-corrected chi connectivity index (χ1v) is 5.51. The van der Waals surface area contributed by atoms with Crippen molar-refractivity contribution in [2.45, 2.75) is 13.8 Å². The molecule has 0 amide bonds. The molecule has 0 spiro atoms. The molecule has 0 saturated heterocycles. The van der Waals surface area contributed by atoms with E-state index < -0.39 is 0 Å². The van der Waals surface area contributed by atoms with Crippen molar-refractivity contribution in [2.24, 2.45) is 5.92 Å². The van der Waals surface area contributed by atoms with Gasteiger partial charge in [-0.3, -0.25) is 0 Å². The molecule has 0 bridgehead atoms. The van der Waals surface area contributed by atoms with E-state index in [0.717, 1.165) is 4.47 Å². The zero-order valence-corrected chi connectivity index (χ0v) is 10.4. The standard InChI is InChI=1S/C11H14BrNO2/c1-7(2)6-15-11(14)8-3-9(12)5-10(13)4-8/h3-5,7H,6,13H2,1-2H3. The van der Waals surface area contributed by atoms with Gasteiger partial charge in [-0.2, -0.15) is 0 Å². The van der Waals surface area contributed by atoms with E-state index in [1.54, 1.807) is 18.2 Å². The summed E-state index contributed by atoms with van der Waals surface area (Å²) in [5.41, 5.74) is 6.63. The molecular weight excluding hydrogens is 258 g/mol. The fourth-order valence-corrected chi connectivity index (χ4v) is 1.57. The normalized spacial score (nSPS) is 10.4. The summed E-state index contributed by atoms with van der Waals surface area (Å²) in [5.74, 6) is -0.00449. The van der Waals surface area contributed by atoms with Crippen LogP contribution in [0.1, 0.15) is 24.2 Å². The van der Waals surface area contributed by atoms with Crippen LogP contribution in [0.5, 0.6) is 0 Å². The molecule has 15 heavy (non-hydrogen) atoms. The number of benzene rings is 1. The quantitative estimate of drug-likeness (QED) is 0.680. The van der Waals surface area contributed by atoms with Crippen LogP contribution in [0.4, 0.5) is 5.69 Å². The van der Waals surface area contributed by atoms with Crippen LogP contribution in [-0.2, 0) is 4.74 Å². The first-order valence-electron chi connectivity index (χ1n) is 4.72. The topological polar surface area (TPSA) is 52.3 Å². The molecule has 0 radical (unpaired) electrons. The number of esters is 1. The molecule has 1 aromatic rings. The molecule has 0 fully saturated rings. The summed E-state index contributed by atoms with van der Waals surface area (Å²) in [5, 5.41) is 0. The molecule has 4 heteroatoms. The van der Waals surface area contributed by atoms with Crippen molar-refractivity contribution in [3.8, 4) is 0 Å². The van der Waals surface area contributed by atoms with Gasteiger partial charge in [0.1, 0.15) is 0 Å². The van der Waals surface area contributed by atoms with Crippen LogP contribution in [0.2, 0.25) is 0 Å². The Hall–Kier alpha value is -1.03. The molecule has 0 aromatic heterocycles. The van der Waals surface area contributed by atoms with E-state index >= 15 is 0 Å². The minimum atomic E-state index is -0.336. The number of halogens is 1. The summed E-state index contributed by atoms with van der Waals surface area (Å²) in [6.45, 7) is 4.40. The number of rotatable bonds is 3. The molecule has 2 N–H and O–H groups in total. The Morgan fingerprint density at radius 1 is 1.47 bits per heavy atom. The average Bonchev–Trinajstić information content (AvgIpc) is 2.12. The van der Waals surface area contributed by atoms with Gasteiger partial charge in [-0.25, -0.2) is 4.79 Å². The number of hydrogen-bond acceptors (Lipinski definition) is 3. The van der Waals surface area contributed by atoms with Crippen LogP contribution in [-0.4, -0.2) is 12.6 Å². The van der Waals surface area contributed by atoms with Crippen molar-refractivity contribution in [1.82, 2.24) is 0 Å². The molecule has 0 heterocycles. The highest BCUT2D eigenvalue weighted by atomic mass is 79.9. The maximum Gasteiger partial charge on any atom is 0.338 e. The third kappa shape index (κ3) is 3.91. The Balaban J connectivity index is 2.73. The van der Waals surface area contributed by atoms with Gasteiger partial charge in [0.25, 0.3) is 0 Å². The molecule has 82 valence electrons. The Kier molecular flexibility index (Phi) is 4.15. The second kappa shape index (κ2) is 5.16. The summed E-state index contributed by atoms with van der Waals surface area (Å²) >= 11 is 3.27. The van der Waals surface area contributed by atoms with E-state index in [1.165, 1.54) is 0 Å². The van der Waals surface area contributed by atoms with Gasteiger partial charge < -0.3 is 10.5 Å². The molecule has 0 unspecified atom stereocenters. The maximum atomic E-state index is 11.6. The fourth-order valence-electron chi connectivity index (χ4n) is 1.06. The number of carbonyl (C=O) groups excluding carboxylic acids is 1. The largest absolute Gasteiger partial charge is 0.462 e. The molecule has 0 aliphatic rings. The van der Waals surface area contributed by atoms with Crippen molar-refractivity contribution in [3.05, 3.63) is 28.2 Å². The van der Waals surface area contributed by atoms with Crippen LogP contribution in [0.15, 0.2) is 22.7 Å². The van der Waals surface area contributed by atoms with Crippen molar-refractivity contribution in [2.75, 3.05) is 12.3 Å². The lowest BCUT2D eigenvalue weighted by atomic mass is 10.2. The summed E-state index contributed by atoms with van der Waals surface area (Å²) in [6.07, 6.45) is 0. The molecule has 0 saturated carbocycles. The fraction of sp³-hybridized carbons (Fsp3) is 0.364. The van der Waals surface area contributed by atoms with Crippen LogP contribution in [0.3, 0.4) is 0 Å². The molecule has 0 atom stereocenters. The van der Waals surface area contributed by atoms with E-state index in [0.29, 0.717) is 23.8 Å². The minimum Gasteiger partial charge on any atom is -0.462 e. The summed E-state index contributed by atoms with van der Waals surface area (Å²) in [6, 6.07) is 5.03. The first-order chi connectivity index (χ1) is 6.99. The second-order valence-corrected chi connectivity index (χ2v) is 4.68. The van der Waals surface area contributed by atoms with Crippen molar-refractivity contribution in [1.29, 1.82) is 0 Å². The van der Waals surface area contributed by atoms with Crippen molar-refractivity contribution < 1.29 is 9.53 Å². The number of nitrogen functional groups attached to an aromatic ring is 1. The van der Waals surface area contributed by atoms with E-state index in [9.17, 15) is 4.79 Å². The summed E-state index contributed by atoms with van der Waals surface area (Å²) in [4.78, 5) is 11.6. The van der Waals surface area contributed by atoms with Gasteiger partial charge in [0.15, 0.2) is 0 Å². The predicted octanol–water partition coefficient (Wildman–Crippen LogP) is 2.84. The molecule has 3 nitrogen and oxygen atoms in total. The summed E-state index contributed by atoms with van der Waals surface area (Å²) in [7, 11) is 0. The zero-order valence-electron chi connectivity index (χ0n) is 8.79. The van der Waals surface area contributed by atoms with E-state index in [4.69, 9.17) is 10.5 Å². The Morgan fingerprint density at radius 2 is 2.13 bits per heavy atom. The van der Waals surface area contributed by atoms with Crippen LogP contribution in [0.25, 0.3) is 0 Å². The highest BCUT2D eigenvalue weighted by molar-refractivity contribution is 9.10. The molecule has 0 aliphatic carbocycles. The number of hydrogen-bond donors (Lipinski definition) is 1. The van der Waals surface area contributed by atoms with E-state index in [-0.39, 0.29) is 5.97 Å². The number of carbonyl (C=O) groups is 1. The minimum absolute atomic E-state index is 0.332. The number of ether oxygens (including phenoxy) is 1. The molecule has 1 aromatic carbocycles. The highest BCUT2D eigenvalue weighted by Gasteiger charge is 2.09. The highest BCUT2D eigenvalue weighted by Crippen LogP contribution is 2.18. The number of nitrogens with two attached hydrogens (primary N) is 1. The monoisotopic (exact) mass is 271 g/mol. The van der Waals surface area contributed by atoms with Crippen molar-refractivity contribution in [3.63, 3.8) is 0 Å². The van der Waals surface area contributed by atoms with Gasteiger partial charge in [-0.1, -0.05) is 29.8 Å². The maximum absolute atomic E-state index is 11.6. The van der Waals surface area contributed by atoms with Gasteiger partial charge in [-0.05, 0) is 24.1 Å². The third-order valence-electron chi connectivity index (χ3n) is 1.70. The zero-order chi connectivity index (χ0) is 11.4. The summed E-state index contributed by atoms with van der Waals surface area (Å²) < 4.78 is 5.86. The molecular formula is C11H14BrNO2. The van der Waals surface area contributed by atoms with Gasteiger partial charge >= 0.3 is 5.97 Å². The van der Waals surface area contributed by atoms with E-state index in [2.05, 4.69) is 15.9 Å². The Morgan fingerprint density at radius 3 is 2.67 bits per heavy atom. The van der Waals surface area contributed by atoms with Gasteiger partial charge in [0.05, 0.1) is 12.2 Å². The van der Waals surface area contributed by atoms with Crippen molar-refractivity contribution >= 4 is 27.6 Å². The first kappa shape index (κ1) is 12.0. The lowest BCUT2D eigenvalue weighted by Crippen LogP contribution is -2.10. The van der Waals surface area contributed by atoms with Crippen LogP contribution in [0, 0.1) is 5.92 Å².